The lowest BCUT2D eigenvalue weighted by molar-refractivity contribution is -0.134. The first-order valence-electron chi connectivity index (χ1n) is 6.45. The van der Waals surface area contributed by atoms with E-state index >= 15 is 0 Å². The summed E-state index contributed by atoms with van der Waals surface area (Å²) >= 11 is 0.978. The smallest absolute Gasteiger partial charge is 0.346 e. The van der Waals surface area contributed by atoms with Crippen molar-refractivity contribution in [2.24, 2.45) is 0 Å². The molecule has 0 atom stereocenters. The van der Waals surface area contributed by atoms with E-state index in [4.69, 9.17) is 0 Å². The first-order chi connectivity index (χ1) is 10.3. The predicted octanol–water partition coefficient (Wildman–Crippen LogP) is 2.86. The molecule has 0 aliphatic heterocycles. The molecule has 4 nitrogen and oxygen atoms in total. The number of nitrogens with one attached hydrogen (secondary N) is 2. The van der Waals surface area contributed by atoms with Crippen molar-refractivity contribution in [1.82, 2.24) is 10.3 Å². The van der Waals surface area contributed by atoms with Crippen LogP contribution in [0.25, 0.3) is 0 Å². The van der Waals surface area contributed by atoms with Gasteiger partial charge in [-0.1, -0.05) is 29.5 Å². The molecule has 0 fully saturated rings. The Bertz CT molecular complexity index is 706. The van der Waals surface area contributed by atoms with Crippen LogP contribution in [0.4, 0.5) is 13.2 Å². The maximum Gasteiger partial charge on any atom is 0.389 e. The Labute approximate surface area is 128 Å². The Kier molecular flexibility index (Phi) is 5.02. The number of carbonyl (C=O) groups excluding carboxylic acids is 1. The van der Waals surface area contributed by atoms with Crippen LogP contribution < -0.4 is 10.2 Å². The predicted molar refractivity (Wildman–Crippen MR) is 76.9 cm³/mol. The monoisotopic (exact) mass is 330 g/mol. The molecule has 2 aromatic rings. The number of aromatic nitrogens is 1. The van der Waals surface area contributed by atoms with Crippen molar-refractivity contribution < 1.29 is 18.0 Å². The zero-order chi connectivity index (χ0) is 16.2. The average Bonchev–Trinajstić information content (AvgIpc) is 2.88. The zero-order valence-electron chi connectivity index (χ0n) is 11.4. The molecule has 2 N–H and O–H groups in total. The molecule has 1 heterocycles. The number of carbonyl (C=O) groups is 1. The minimum atomic E-state index is -4.26. The lowest BCUT2D eigenvalue weighted by atomic mass is 10.0. The van der Waals surface area contributed by atoms with Gasteiger partial charge in [-0.3, -0.25) is 9.59 Å². The van der Waals surface area contributed by atoms with Crippen LogP contribution in [0.1, 0.15) is 28.0 Å². The van der Waals surface area contributed by atoms with Crippen molar-refractivity contribution in [3.8, 4) is 0 Å². The molecule has 8 heteroatoms. The van der Waals surface area contributed by atoms with Gasteiger partial charge in [0.15, 0.2) is 0 Å². The van der Waals surface area contributed by atoms with Gasteiger partial charge in [-0.25, -0.2) is 0 Å². The summed E-state index contributed by atoms with van der Waals surface area (Å²) in [6.45, 7) is 0.116. The molecule has 0 aliphatic rings. The highest BCUT2D eigenvalue weighted by molar-refractivity contribution is 7.07. The van der Waals surface area contributed by atoms with Crippen molar-refractivity contribution in [2.45, 2.75) is 25.6 Å². The summed E-state index contributed by atoms with van der Waals surface area (Å²) in [5.41, 5.74) is 1.11. The number of aromatic amines is 1. The van der Waals surface area contributed by atoms with Crippen molar-refractivity contribution in [3.63, 3.8) is 0 Å². The van der Waals surface area contributed by atoms with Gasteiger partial charge in [0.05, 0.1) is 6.54 Å². The largest absolute Gasteiger partial charge is 0.389 e. The molecule has 0 spiro atoms. The molecule has 0 radical (unpaired) electrons. The van der Waals surface area contributed by atoms with E-state index in [-0.39, 0.29) is 23.4 Å². The Hall–Kier alpha value is -2.09. The van der Waals surface area contributed by atoms with E-state index in [0.29, 0.717) is 11.3 Å². The number of H-pyrrole nitrogens is 1. The summed E-state index contributed by atoms with van der Waals surface area (Å²) in [7, 11) is 0. The van der Waals surface area contributed by atoms with E-state index < -0.39 is 18.5 Å². The van der Waals surface area contributed by atoms with Gasteiger partial charge in [0.2, 0.25) is 0 Å². The summed E-state index contributed by atoms with van der Waals surface area (Å²) < 4.78 is 36.9. The summed E-state index contributed by atoms with van der Waals surface area (Å²) in [6.07, 6.45) is -5.49. The number of aryl methyl sites for hydroxylation is 1. The molecule has 1 aromatic heterocycles. The minimum Gasteiger partial charge on any atom is -0.346 e. The van der Waals surface area contributed by atoms with Gasteiger partial charge in [-0.15, -0.1) is 0 Å². The maximum atomic E-state index is 12.3. The number of benzene rings is 1. The van der Waals surface area contributed by atoms with Crippen molar-refractivity contribution in [1.29, 1.82) is 0 Å². The van der Waals surface area contributed by atoms with Gasteiger partial charge in [0.1, 0.15) is 0 Å². The average molecular weight is 330 g/mol. The minimum absolute atomic E-state index is 0.116. The highest BCUT2D eigenvalue weighted by Crippen LogP contribution is 2.23. The molecule has 2 rings (SSSR count). The van der Waals surface area contributed by atoms with E-state index in [2.05, 4.69) is 10.3 Å². The van der Waals surface area contributed by atoms with Gasteiger partial charge in [-0.2, -0.15) is 13.2 Å². The topological polar surface area (TPSA) is 62.0 Å². The number of rotatable bonds is 5. The van der Waals surface area contributed by atoms with E-state index in [1.165, 1.54) is 12.1 Å². The van der Waals surface area contributed by atoms with E-state index in [9.17, 15) is 22.8 Å². The van der Waals surface area contributed by atoms with Crippen LogP contribution in [-0.4, -0.2) is 17.1 Å². The number of halogens is 3. The Morgan fingerprint density at radius 2 is 2.00 bits per heavy atom. The van der Waals surface area contributed by atoms with Gasteiger partial charge >= 0.3 is 11.0 Å². The second-order valence-corrected chi connectivity index (χ2v) is 5.47. The normalized spacial score (nSPS) is 11.4. The van der Waals surface area contributed by atoms with E-state index in [0.717, 1.165) is 11.3 Å². The standard InChI is InChI=1S/C14H13F3N2O2S/c15-14(16,17)6-5-9-3-1-2-4-11(9)12(20)18-7-10-8-22-13(21)19-10/h1-4,8H,5-7H2,(H,18,20)(H,19,21). The number of hydrogen-bond donors (Lipinski definition) is 2. The molecule has 118 valence electrons. The zero-order valence-corrected chi connectivity index (χ0v) is 12.2. The highest BCUT2D eigenvalue weighted by Gasteiger charge is 2.27. The first kappa shape index (κ1) is 16.3. The van der Waals surface area contributed by atoms with Gasteiger partial charge < -0.3 is 10.3 Å². The van der Waals surface area contributed by atoms with Gasteiger partial charge in [0, 0.05) is 23.1 Å². The second-order valence-electron chi connectivity index (χ2n) is 4.63. The van der Waals surface area contributed by atoms with Crippen molar-refractivity contribution in [2.75, 3.05) is 0 Å². The van der Waals surface area contributed by atoms with Crippen molar-refractivity contribution >= 4 is 17.2 Å². The van der Waals surface area contributed by atoms with Gasteiger partial charge in [0.25, 0.3) is 5.91 Å². The van der Waals surface area contributed by atoms with Crippen molar-refractivity contribution in [3.05, 3.63) is 56.1 Å². The van der Waals surface area contributed by atoms with Crippen LogP contribution in [0.15, 0.2) is 34.4 Å². The molecule has 0 unspecified atom stereocenters. The molecule has 0 saturated carbocycles. The third-order valence-electron chi connectivity index (χ3n) is 2.95. The third kappa shape index (κ3) is 4.73. The number of amides is 1. The Morgan fingerprint density at radius 3 is 2.64 bits per heavy atom. The molecular formula is C14H13F3N2O2S. The molecule has 0 saturated heterocycles. The molecule has 0 bridgehead atoms. The Balaban J connectivity index is 2.04. The molecule has 22 heavy (non-hydrogen) atoms. The fraction of sp³-hybridized carbons (Fsp3) is 0.286. The Morgan fingerprint density at radius 1 is 1.27 bits per heavy atom. The lowest BCUT2D eigenvalue weighted by Crippen LogP contribution is -2.24. The number of hydrogen-bond acceptors (Lipinski definition) is 3. The molecule has 1 aromatic carbocycles. The SMILES string of the molecule is O=C(NCc1csc(=O)[nH]1)c1ccccc1CCC(F)(F)F. The summed E-state index contributed by atoms with van der Waals surface area (Å²) in [5.74, 6) is -0.468. The lowest BCUT2D eigenvalue weighted by Gasteiger charge is -2.11. The van der Waals surface area contributed by atoms with Crippen LogP contribution in [0.2, 0.25) is 0 Å². The first-order valence-corrected chi connectivity index (χ1v) is 7.32. The van der Waals surface area contributed by atoms with E-state index in [1.54, 1.807) is 17.5 Å². The summed E-state index contributed by atoms with van der Waals surface area (Å²) in [5, 5.41) is 4.16. The number of thiazole rings is 1. The molecule has 0 aliphatic carbocycles. The van der Waals surface area contributed by atoms with Crippen LogP contribution in [0.3, 0.4) is 0 Å². The fourth-order valence-corrected chi connectivity index (χ4v) is 2.49. The van der Waals surface area contributed by atoms with Crippen LogP contribution >= 0.6 is 11.3 Å². The fourth-order valence-electron chi connectivity index (χ4n) is 1.91. The third-order valence-corrected chi connectivity index (χ3v) is 3.67. The van der Waals surface area contributed by atoms with Gasteiger partial charge in [-0.05, 0) is 18.1 Å². The maximum absolute atomic E-state index is 12.3. The van der Waals surface area contributed by atoms with Crippen LogP contribution in [0, 0.1) is 0 Å². The quantitative estimate of drug-likeness (QED) is 0.885. The van der Waals surface area contributed by atoms with Crippen LogP contribution in [-0.2, 0) is 13.0 Å². The molecular weight excluding hydrogens is 317 g/mol. The second kappa shape index (κ2) is 6.78. The summed E-state index contributed by atoms with van der Waals surface area (Å²) in [4.78, 5) is 25.4. The van der Waals surface area contributed by atoms with E-state index in [1.807, 2.05) is 0 Å². The molecule has 1 amide bonds. The van der Waals surface area contributed by atoms with Crippen LogP contribution in [0.5, 0.6) is 0 Å². The number of alkyl halides is 3. The highest BCUT2D eigenvalue weighted by atomic mass is 32.1. The summed E-state index contributed by atoms with van der Waals surface area (Å²) in [6, 6.07) is 6.18.